The van der Waals surface area contributed by atoms with Gasteiger partial charge >= 0.3 is 18.2 Å². The number of ether oxygens (including phenoxy) is 3. The SMILES string of the molecule is CC(=O)OCC1(C)C=C2C(=O)C(C)(O)C3(CC3)C(C)=C2C1OC(=O)N(C)CCN(C)C(=O)CNC(=O)CNC(=O)CNC(=O)OC(C)(C)C. The van der Waals surface area contributed by atoms with Crippen molar-refractivity contribution in [2.75, 3.05) is 53.4 Å². The maximum Gasteiger partial charge on any atom is 0.410 e. The smallest absolute Gasteiger partial charge is 0.410 e. The molecule has 16 heteroatoms. The summed E-state index contributed by atoms with van der Waals surface area (Å²) in [4.78, 5) is 89.4. The number of nitrogens with zero attached hydrogens (tertiary/aromatic N) is 2. The van der Waals surface area contributed by atoms with Crippen molar-refractivity contribution in [3.05, 3.63) is 22.8 Å². The van der Waals surface area contributed by atoms with Gasteiger partial charge in [0, 0.05) is 50.7 Å². The molecule has 3 aliphatic carbocycles. The molecule has 16 nitrogen and oxygen atoms in total. The first-order chi connectivity index (χ1) is 22.5. The zero-order valence-electron chi connectivity index (χ0n) is 29.7. The van der Waals surface area contributed by atoms with E-state index in [1.54, 1.807) is 33.8 Å². The number of esters is 1. The van der Waals surface area contributed by atoms with Crippen LogP contribution in [0.1, 0.15) is 61.3 Å². The van der Waals surface area contributed by atoms with Gasteiger partial charge in [0.25, 0.3) is 0 Å². The number of Topliss-reactive ketones (excluding diaryl/α,β-unsaturated/α-hetero) is 1. The van der Waals surface area contributed by atoms with Crippen LogP contribution in [0.5, 0.6) is 0 Å². The van der Waals surface area contributed by atoms with Gasteiger partial charge in [-0.3, -0.25) is 24.0 Å². The molecule has 272 valence electrons. The molecule has 1 saturated carbocycles. The minimum absolute atomic E-state index is 0.0546. The molecule has 0 bridgehead atoms. The van der Waals surface area contributed by atoms with Crippen molar-refractivity contribution >= 4 is 41.7 Å². The number of alkyl carbamates (subject to hydrolysis) is 1. The van der Waals surface area contributed by atoms with E-state index in [1.165, 1.54) is 37.7 Å². The molecule has 1 fully saturated rings. The number of fused-ring (bicyclic) bond motifs is 1. The van der Waals surface area contributed by atoms with E-state index in [0.29, 0.717) is 18.4 Å². The molecule has 1 spiro atoms. The second-order valence-corrected chi connectivity index (χ2v) is 14.3. The van der Waals surface area contributed by atoms with E-state index in [2.05, 4.69) is 16.0 Å². The summed E-state index contributed by atoms with van der Waals surface area (Å²) in [5.41, 5.74) is -2.65. The fourth-order valence-electron chi connectivity index (χ4n) is 5.98. The van der Waals surface area contributed by atoms with Crippen LogP contribution in [0.25, 0.3) is 0 Å². The molecule has 4 N–H and O–H groups in total. The molecule has 0 radical (unpaired) electrons. The van der Waals surface area contributed by atoms with Crippen LogP contribution >= 0.6 is 0 Å². The van der Waals surface area contributed by atoms with E-state index in [4.69, 9.17) is 14.2 Å². The van der Waals surface area contributed by atoms with E-state index in [1.807, 2.05) is 6.92 Å². The molecule has 49 heavy (non-hydrogen) atoms. The van der Waals surface area contributed by atoms with Gasteiger partial charge in [0.1, 0.15) is 30.5 Å². The lowest BCUT2D eigenvalue weighted by molar-refractivity contribution is -0.145. The van der Waals surface area contributed by atoms with E-state index < -0.39 is 82.9 Å². The van der Waals surface area contributed by atoms with E-state index >= 15 is 0 Å². The molecule has 0 saturated heterocycles. The lowest BCUT2D eigenvalue weighted by Gasteiger charge is -2.40. The van der Waals surface area contributed by atoms with Crippen LogP contribution in [0.3, 0.4) is 0 Å². The highest BCUT2D eigenvalue weighted by molar-refractivity contribution is 6.09. The lowest BCUT2D eigenvalue weighted by atomic mass is 9.67. The molecular formula is C33H49N5O11. The van der Waals surface area contributed by atoms with Gasteiger partial charge in [0.05, 0.1) is 18.5 Å². The van der Waals surface area contributed by atoms with Crippen LogP contribution in [0.15, 0.2) is 22.8 Å². The maximum absolute atomic E-state index is 13.5. The Morgan fingerprint density at radius 2 is 1.49 bits per heavy atom. The van der Waals surface area contributed by atoms with Gasteiger partial charge in [0.15, 0.2) is 5.78 Å². The predicted octanol–water partition coefficient (Wildman–Crippen LogP) is 0.579. The van der Waals surface area contributed by atoms with Crippen molar-refractivity contribution in [1.82, 2.24) is 25.8 Å². The standard InChI is InChI=1S/C33H49N5O11/c1-19-25-21(26(43)32(7,46)33(19)10-11-33)14-31(6,18-47-20(2)39)27(25)48-29(45)38(9)13-12-37(8)24(42)17-35-22(40)15-34-23(41)16-36-28(44)49-30(3,4)5/h14,27,46H,10-13,15-18H2,1-9H3,(H,34,41)(H,35,40)(H,36,44). The van der Waals surface area contributed by atoms with Crippen molar-refractivity contribution in [1.29, 1.82) is 0 Å². The number of carbonyl (C=O) groups is 7. The minimum Gasteiger partial charge on any atom is -0.465 e. The first-order valence-corrected chi connectivity index (χ1v) is 16.1. The Kier molecular flexibility index (Phi) is 11.6. The Balaban J connectivity index is 1.52. The van der Waals surface area contributed by atoms with Crippen LogP contribution in [-0.4, -0.2) is 127 Å². The summed E-state index contributed by atoms with van der Waals surface area (Å²) in [7, 11) is 2.97. The van der Waals surface area contributed by atoms with Crippen LogP contribution in [0, 0.1) is 10.8 Å². The molecule has 5 amide bonds. The number of hydrogen-bond acceptors (Lipinski definition) is 11. The molecule has 3 aliphatic rings. The highest BCUT2D eigenvalue weighted by Crippen LogP contribution is 2.65. The Labute approximate surface area is 285 Å². The summed E-state index contributed by atoms with van der Waals surface area (Å²) < 4.78 is 16.3. The molecule has 3 atom stereocenters. The van der Waals surface area contributed by atoms with Gasteiger partial charge in [-0.15, -0.1) is 0 Å². The van der Waals surface area contributed by atoms with E-state index in [9.17, 15) is 38.7 Å². The van der Waals surface area contributed by atoms with E-state index in [0.717, 1.165) is 5.57 Å². The summed E-state index contributed by atoms with van der Waals surface area (Å²) in [6.07, 6.45) is 0.340. The average Bonchev–Trinajstić information content (AvgIpc) is 3.77. The third kappa shape index (κ3) is 8.96. The van der Waals surface area contributed by atoms with Gasteiger partial charge in [-0.25, -0.2) is 9.59 Å². The van der Waals surface area contributed by atoms with Crippen LogP contribution in [-0.2, 0) is 38.2 Å². The topological polar surface area (TPSA) is 210 Å². The third-order valence-corrected chi connectivity index (χ3v) is 9.10. The minimum atomic E-state index is -1.62. The Morgan fingerprint density at radius 1 is 0.939 bits per heavy atom. The predicted molar refractivity (Wildman–Crippen MR) is 174 cm³/mol. The summed E-state index contributed by atoms with van der Waals surface area (Å²) in [5.74, 6) is -2.72. The summed E-state index contributed by atoms with van der Waals surface area (Å²) >= 11 is 0. The molecule has 0 aliphatic heterocycles. The van der Waals surface area contributed by atoms with Crippen LogP contribution < -0.4 is 16.0 Å². The normalized spacial score (nSPS) is 23.5. The first-order valence-electron chi connectivity index (χ1n) is 16.1. The number of hydrogen-bond donors (Lipinski definition) is 4. The molecule has 0 heterocycles. The number of nitrogens with one attached hydrogen (secondary N) is 3. The number of carbonyl (C=O) groups excluding carboxylic acids is 7. The Morgan fingerprint density at radius 3 is 2.04 bits per heavy atom. The van der Waals surface area contributed by atoms with Crippen molar-refractivity contribution in [2.45, 2.75) is 78.6 Å². The van der Waals surface area contributed by atoms with Gasteiger partial charge in [-0.1, -0.05) is 11.6 Å². The monoisotopic (exact) mass is 691 g/mol. The molecular weight excluding hydrogens is 642 g/mol. The fourth-order valence-corrected chi connectivity index (χ4v) is 5.98. The second kappa shape index (κ2) is 14.6. The highest BCUT2D eigenvalue weighted by Gasteiger charge is 2.67. The molecule has 3 unspecified atom stereocenters. The van der Waals surface area contributed by atoms with Gasteiger partial charge < -0.3 is 45.1 Å². The van der Waals surface area contributed by atoms with Crippen molar-refractivity contribution in [2.24, 2.45) is 10.8 Å². The summed E-state index contributed by atoms with van der Waals surface area (Å²) in [6, 6.07) is 0. The first kappa shape index (κ1) is 39.0. The number of rotatable bonds is 12. The third-order valence-electron chi connectivity index (χ3n) is 9.10. The van der Waals surface area contributed by atoms with Crippen LogP contribution in [0.2, 0.25) is 0 Å². The quantitative estimate of drug-likeness (QED) is 0.164. The number of amides is 5. The zero-order chi connectivity index (χ0) is 37.1. The molecule has 0 aromatic heterocycles. The number of likely N-dealkylation sites (N-methyl/N-ethyl adjacent to an activating group) is 2. The largest absolute Gasteiger partial charge is 0.465 e. The van der Waals surface area contributed by atoms with Crippen molar-refractivity contribution in [3.8, 4) is 0 Å². The lowest BCUT2D eigenvalue weighted by Crippen LogP contribution is -2.50. The molecule has 0 aromatic carbocycles. The van der Waals surface area contributed by atoms with Crippen molar-refractivity contribution in [3.63, 3.8) is 0 Å². The summed E-state index contributed by atoms with van der Waals surface area (Å²) in [6.45, 7) is 10.1. The second-order valence-electron chi connectivity index (χ2n) is 14.3. The number of aliphatic hydroxyl groups is 1. The fraction of sp³-hybridized carbons (Fsp3) is 0.667. The summed E-state index contributed by atoms with van der Waals surface area (Å²) in [5, 5.41) is 18.2. The highest BCUT2D eigenvalue weighted by atomic mass is 16.6. The van der Waals surface area contributed by atoms with Gasteiger partial charge in [-0.05, 0) is 54.4 Å². The van der Waals surface area contributed by atoms with E-state index in [-0.39, 0.29) is 31.8 Å². The molecule has 3 rings (SSSR count). The molecule has 0 aromatic rings. The van der Waals surface area contributed by atoms with Gasteiger partial charge in [-0.2, -0.15) is 0 Å². The van der Waals surface area contributed by atoms with Gasteiger partial charge in [0.2, 0.25) is 17.7 Å². The zero-order valence-corrected chi connectivity index (χ0v) is 29.7. The number of ketones is 1. The maximum atomic E-state index is 13.5. The van der Waals surface area contributed by atoms with Crippen molar-refractivity contribution < 1.29 is 52.9 Å². The Hall–Kier alpha value is -4.47. The Bertz CT molecular complexity index is 1460. The average molecular weight is 692 g/mol. The van der Waals surface area contributed by atoms with Crippen LogP contribution in [0.4, 0.5) is 9.59 Å².